The molecule has 0 fully saturated rings. The molecule has 0 aliphatic heterocycles. The van der Waals surface area contributed by atoms with Crippen LogP contribution in [0, 0.1) is 27.7 Å². The molecule has 0 spiro atoms. The van der Waals surface area contributed by atoms with Gasteiger partial charge in [-0.15, -0.1) is 0 Å². The van der Waals surface area contributed by atoms with Crippen LogP contribution in [0.2, 0.25) is 26.2 Å². The topological polar surface area (TPSA) is 25.8 Å². The minimum absolute atomic E-state index is 0. The zero-order chi connectivity index (χ0) is 26.7. The quantitative estimate of drug-likeness (QED) is 0.439. The third kappa shape index (κ3) is 6.07. The van der Waals surface area contributed by atoms with Crippen molar-refractivity contribution >= 4 is 60.7 Å². The van der Waals surface area contributed by atoms with Crippen molar-refractivity contribution in [2.45, 2.75) is 106 Å². The Morgan fingerprint density at radius 2 is 0.944 bits per heavy atom. The summed E-state index contributed by atoms with van der Waals surface area (Å²) in [4.78, 5) is 6.56. The number of hydrogen-bond acceptors (Lipinski definition) is 2. The molecule has 0 N–H and O–H groups in total. The predicted octanol–water partition coefficient (Wildman–Crippen LogP) is 4.41. The van der Waals surface area contributed by atoms with E-state index in [2.05, 4.69) is 108 Å². The van der Waals surface area contributed by atoms with Crippen molar-refractivity contribution < 1.29 is 18.9 Å². The molecule has 0 atom stereocenters. The first kappa shape index (κ1) is 32.2. The summed E-state index contributed by atoms with van der Waals surface area (Å²) in [5.74, 6) is 0. The van der Waals surface area contributed by atoms with Crippen molar-refractivity contribution in [3.8, 4) is 0 Å². The summed E-state index contributed by atoms with van der Waals surface area (Å²) < 4.78 is 10.1. The molecule has 3 aromatic rings. The molecule has 8 heteroatoms. The minimum atomic E-state index is -1.83. The molecule has 3 aromatic heterocycles. The fraction of sp³-hybridized carbons (Fsp3) is 0.571. The van der Waals surface area contributed by atoms with Gasteiger partial charge in [0, 0.05) is 27.5 Å². The molecule has 2 nitrogen and oxygen atoms in total. The van der Waals surface area contributed by atoms with Crippen LogP contribution in [0.1, 0.15) is 75.2 Å². The monoisotopic (exact) mass is 564 g/mol. The van der Waals surface area contributed by atoms with Crippen molar-refractivity contribution in [1.82, 2.24) is 9.49 Å². The van der Waals surface area contributed by atoms with E-state index in [0.29, 0.717) is 0 Å². The molecular formula is C28H44LiN2P3Si2. The molecule has 0 unspecified atom stereocenters. The van der Waals surface area contributed by atoms with E-state index in [1.165, 1.54) is 47.4 Å². The Morgan fingerprint density at radius 1 is 0.639 bits per heavy atom. The third-order valence-corrected chi connectivity index (χ3v) is 24.5. The zero-order valence-corrected chi connectivity index (χ0v) is 30.1. The second kappa shape index (κ2) is 10.9. The fourth-order valence-corrected chi connectivity index (χ4v) is 19.7. The first-order valence-corrected chi connectivity index (χ1v) is 21.2. The van der Waals surface area contributed by atoms with Gasteiger partial charge >= 0.3 is 18.9 Å². The molecule has 0 amide bonds. The Bertz CT molecular complexity index is 1170. The number of hydrogen-bond donors (Lipinski definition) is 0. The van der Waals surface area contributed by atoms with Gasteiger partial charge in [-0.05, 0) is 60.8 Å². The van der Waals surface area contributed by atoms with Crippen LogP contribution in [0.5, 0.6) is 0 Å². The van der Waals surface area contributed by atoms with Gasteiger partial charge in [0.05, 0.1) is 27.5 Å². The summed E-state index contributed by atoms with van der Waals surface area (Å²) in [6.07, 6.45) is 0. The van der Waals surface area contributed by atoms with E-state index in [1.807, 2.05) is 0 Å². The van der Waals surface area contributed by atoms with Crippen LogP contribution in [-0.2, 0) is 10.8 Å². The average molecular weight is 565 g/mol. The standard InChI is InChI=1S/C28H44N2P3Si2.Li/c1-17-15-21(27(5,6)7)29-32-23(17)34(11,12)25-19(3)20(4)26(31-25)35(13,14)24-18(2)16-22(30-33-24)28(8,9)10;/h15-16H,1-14H3;/q-1;+1. The second-order valence-electron chi connectivity index (χ2n) is 13.3. The number of rotatable bonds is 4. The van der Waals surface area contributed by atoms with Gasteiger partial charge in [0.25, 0.3) is 0 Å². The van der Waals surface area contributed by atoms with Gasteiger partial charge in [-0.3, -0.25) is 0 Å². The van der Waals surface area contributed by atoms with Crippen molar-refractivity contribution in [1.29, 1.82) is 0 Å². The summed E-state index contributed by atoms with van der Waals surface area (Å²) in [6.45, 7) is 33.2. The van der Waals surface area contributed by atoms with Gasteiger partial charge in [-0.1, -0.05) is 78.9 Å². The molecule has 0 aliphatic carbocycles. The van der Waals surface area contributed by atoms with Crippen molar-refractivity contribution in [3.63, 3.8) is 0 Å². The van der Waals surface area contributed by atoms with Crippen LogP contribution < -0.4 is 38.5 Å². The normalized spacial score (nSPS) is 13.7. The maximum atomic E-state index is 5.04. The van der Waals surface area contributed by atoms with Crippen LogP contribution in [0.3, 0.4) is 0 Å². The Kier molecular flexibility index (Phi) is 9.71. The molecule has 0 radical (unpaired) electrons. The maximum absolute atomic E-state index is 5.04. The zero-order valence-electron chi connectivity index (χ0n) is 25.4. The van der Waals surface area contributed by atoms with Gasteiger partial charge in [-0.25, -0.2) is 19.3 Å². The van der Waals surface area contributed by atoms with E-state index in [-0.39, 0.29) is 29.7 Å². The first-order valence-electron chi connectivity index (χ1n) is 12.6. The van der Waals surface area contributed by atoms with E-state index in [4.69, 9.17) is 9.49 Å². The van der Waals surface area contributed by atoms with Crippen LogP contribution in [-0.4, -0.2) is 25.6 Å². The summed E-state index contributed by atoms with van der Waals surface area (Å²) in [7, 11) is 0.164. The minimum Gasteiger partial charge on any atom is -0.532 e. The summed E-state index contributed by atoms with van der Waals surface area (Å²) in [6, 6.07) is 4.72. The van der Waals surface area contributed by atoms with Crippen molar-refractivity contribution in [2.75, 3.05) is 0 Å². The number of nitrogens with zero attached hydrogens (tertiary/aromatic N) is 2. The van der Waals surface area contributed by atoms with Gasteiger partial charge in [-0.2, -0.15) is 0 Å². The van der Waals surface area contributed by atoms with Crippen LogP contribution in [0.15, 0.2) is 12.1 Å². The van der Waals surface area contributed by atoms with Crippen LogP contribution in [0.4, 0.5) is 0 Å². The largest absolute Gasteiger partial charge is 1.00 e. The first-order chi connectivity index (χ1) is 15.8. The summed E-state index contributed by atoms with van der Waals surface area (Å²) in [5.41, 5.74) is 8.66. The maximum Gasteiger partial charge on any atom is 1.00 e. The van der Waals surface area contributed by atoms with E-state index in [9.17, 15) is 0 Å². The molecule has 0 aromatic carbocycles. The Labute approximate surface area is 239 Å². The summed E-state index contributed by atoms with van der Waals surface area (Å²) >= 11 is 0. The molecule has 0 saturated carbocycles. The smallest absolute Gasteiger partial charge is 0.532 e. The molecule has 3 rings (SSSR count). The van der Waals surface area contributed by atoms with E-state index < -0.39 is 16.1 Å². The molecule has 190 valence electrons. The van der Waals surface area contributed by atoms with Crippen LogP contribution >= 0.6 is 24.9 Å². The molecule has 36 heavy (non-hydrogen) atoms. The number of aromatic nitrogens is 2. The molecule has 0 bridgehead atoms. The average Bonchev–Trinajstić information content (AvgIpc) is 3.02. The van der Waals surface area contributed by atoms with Gasteiger partial charge in [0.1, 0.15) is 0 Å². The predicted molar refractivity (Wildman–Crippen MR) is 168 cm³/mol. The molecule has 0 aliphatic rings. The molecule has 3 heterocycles. The van der Waals surface area contributed by atoms with Gasteiger partial charge < -0.3 is 8.19 Å². The fourth-order valence-electron chi connectivity index (χ4n) is 5.01. The van der Waals surface area contributed by atoms with E-state index in [1.54, 1.807) is 30.8 Å². The third-order valence-electron chi connectivity index (χ3n) is 7.37. The van der Waals surface area contributed by atoms with E-state index >= 15 is 0 Å². The van der Waals surface area contributed by atoms with Gasteiger partial charge in [0.15, 0.2) is 0 Å². The SMILES string of the molecule is Cc1cc(C(C)(C)C)npc1[Si](C)(C)c1[p-]c([Si](C)(C)c2pnc(C(C)(C)C)cc2C)c(C)c1C.[Li+]. The molecule has 0 saturated heterocycles. The molecular weight excluding hydrogens is 520 g/mol. The van der Waals surface area contributed by atoms with E-state index in [0.717, 1.165) is 0 Å². The Morgan fingerprint density at radius 3 is 1.19 bits per heavy atom. The number of aryl methyl sites for hydroxylation is 2. The van der Waals surface area contributed by atoms with Crippen LogP contribution in [0.25, 0.3) is 0 Å². The van der Waals surface area contributed by atoms with Crippen molar-refractivity contribution in [3.05, 3.63) is 45.8 Å². The second-order valence-corrected chi connectivity index (χ2v) is 26.3. The summed E-state index contributed by atoms with van der Waals surface area (Å²) in [5, 5.41) is 0. The Hall–Kier alpha value is -0.0288. The van der Waals surface area contributed by atoms with Crippen molar-refractivity contribution in [2.24, 2.45) is 0 Å². The van der Waals surface area contributed by atoms with Gasteiger partial charge in [0.2, 0.25) is 0 Å². The Balaban J connectivity index is 0.00000456.